The summed E-state index contributed by atoms with van der Waals surface area (Å²) in [5, 5.41) is 3.27. The standard InChI is InChI=1S/C15H20F3NO/c1-2-19-13(4-3-8-15(16,17)18)11-5-6-14-12(10-11)7-9-20-14/h5-6,10,13,19H,2-4,7-9H2,1H3. The number of alkyl halides is 3. The molecule has 2 nitrogen and oxygen atoms in total. The summed E-state index contributed by atoms with van der Waals surface area (Å²) in [6.45, 7) is 3.40. The van der Waals surface area contributed by atoms with Crippen molar-refractivity contribution in [2.45, 2.75) is 44.8 Å². The first-order valence-corrected chi connectivity index (χ1v) is 7.05. The Balaban J connectivity index is 2.00. The fourth-order valence-corrected chi connectivity index (χ4v) is 2.56. The predicted octanol–water partition coefficient (Wildman–Crippen LogP) is 4.00. The molecule has 20 heavy (non-hydrogen) atoms. The van der Waals surface area contributed by atoms with E-state index < -0.39 is 12.6 Å². The molecule has 0 aromatic heterocycles. The largest absolute Gasteiger partial charge is 0.493 e. The molecule has 0 aliphatic carbocycles. The van der Waals surface area contributed by atoms with Crippen LogP contribution in [0.3, 0.4) is 0 Å². The molecule has 0 saturated heterocycles. The second kappa shape index (κ2) is 6.48. The first-order valence-electron chi connectivity index (χ1n) is 7.05. The van der Waals surface area contributed by atoms with E-state index in [9.17, 15) is 13.2 Å². The molecule has 0 saturated carbocycles. The van der Waals surface area contributed by atoms with Crippen LogP contribution in [-0.4, -0.2) is 19.3 Å². The average molecular weight is 287 g/mol. The number of ether oxygens (including phenoxy) is 1. The Labute approximate surface area is 117 Å². The lowest BCUT2D eigenvalue weighted by Gasteiger charge is -2.19. The number of fused-ring (bicyclic) bond motifs is 1. The molecule has 1 aliphatic heterocycles. The summed E-state index contributed by atoms with van der Waals surface area (Å²) >= 11 is 0. The van der Waals surface area contributed by atoms with Gasteiger partial charge in [-0.25, -0.2) is 0 Å². The summed E-state index contributed by atoms with van der Waals surface area (Å²) in [5.74, 6) is 0.902. The Hall–Kier alpha value is -1.23. The minimum absolute atomic E-state index is 0.0201. The molecule has 1 heterocycles. The quantitative estimate of drug-likeness (QED) is 0.853. The van der Waals surface area contributed by atoms with Crippen LogP contribution >= 0.6 is 0 Å². The van der Waals surface area contributed by atoms with E-state index in [0.717, 1.165) is 29.8 Å². The summed E-state index contributed by atoms with van der Waals surface area (Å²) in [5.41, 5.74) is 2.21. The lowest BCUT2D eigenvalue weighted by molar-refractivity contribution is -0.135. The van der Waals surface area contributed by atoms with Gasteiger partial charge in [0.2, 0.25) is 0 Å². The number of halogens is 3. The van der Waals surface area contributed by atoms with Gasteiger partial charge in [0.15, 0.2) is 0 Å². The van der Waals surface area contributed by atoms with Crippen molar-refractivity contribution in [3.63, 3.8) is 0 Å². The Morgan fingerprint density at radius 1 is 1.35 bits per heavy atom. The Morgan fingerprint density at radius 2 is 2.15 bits per heavy atom. The molecule has 0 radical (unpaired) electrons. The van der Waals surface area contributed by atoms with Crippen molar-refractivity contribution >= 4 is 0 Å². The normalized spacial score (nSPS) is 15.8. The maximum Gasteiger partial charge on any atom is 0.389 e. The molecule has 0 bridgehead atoms. The van der Waals surface area contributed by atoms with Gasteiger partial charge in [-0.15, -0.1) is 0 Å². The van der Waals surface area contributed by atoms with E-state index in [1.54, 1.807) is 0 Å². The average Bonchev–Trinajstić information content (AvgIpc) is 2.83. The first kappa shape index (κ1) is 15.2. The number of benzene rings is 1. The third-order valence-electron chi connectivity index (χ3n) is 3.52. The number of hydrogen-bond acceptors (Lipinski definition) is 2. The van der Waals surface area contributed by atoms with Gasteiger partial charge in [-0.1, -0.05) is 19.1 Å². The molecular weight excluding hydrogens is 267 g/mol. The molecule has 0 spiro atoms. The van der Waals surface area contributed by atoms with Crippen LogP contribution < -0.4 is 10.1 Å². The van der Waals surface area contributed by atoms with Gasteiger partial charge in [-0.2, -0.15) is 13.2 Å². The number of rotatable bonds is 6. The highest BCUT2D eigenvalue weighted by atomic mass is 19.4. The van der Waals surface area contributed by atoms with Crippen molar-refractivity contribution in [3.8, 4) is 5.75 Å². The van der Waals surface area contributed by atoms with E-state index in [0.29, 0.717) is 13.0 Å². The van der Waals surface area contributed by atoms with Crippen LogP contribution in [0.4, 0.5) is 13.2 Å². The lowest BCUT2D eigenvalue weighted by Crippen LogP contribution is -2.21. The second-order valence-corrected chi connectivity index (χ2v) is 5.08. The van der Waals surface area contributed by atoms with E-state index in [2.05, 4.69) is 11.4 Å². The smallest absolute Gasteiger partial charge is 0.389 e. The highest BCUT2D eigenvalue weighted by Crippen LogP contribution is 2.31. The summed E-state index contributed by atoms with van der Waals surface area (Å²) in [4.78, 5) is 0. The van der Waals surface area contributed by atoms with Crippen LogP contribution in [0.5, 0.6) is 5.75 Å². The van der Waals surface area contributed by atoms with Gasteiger partial charge in [0.05, 0.1) is 6.61 Å². The minimum atomic E-state index is -4.07. The zero-order chi connectivity index (χ0) is 14.6. The van der Waals surface area contributed by atoms with E-state index in [-0.39, 0.29) is 12.5 Å². The summed E-state index contributed by atoms with van der Waals surface area (Å²) in [6.07, 6.45) is -3.27. The molecule has 1 aliphatic rings. The monoisotopic (exact) mass is 287 g/mol. The van der Waals surface area contributed by atoms with Gasteiger partial charge in [0.1, 0.15) is 5.75 Å². The molecule has 0 amide bonds. The molecule has 1 N–H and O–H groups in total. The molecule has 1 unspecified atom stereocenters. The van der Waals surface area contributed by atoms with Gasteiger partial charge in [-0.05, 0) is 36.6 Å². The maximum absolute atomic E-state index is 12.2. The van der Waals surface area contributed by atoms with Crippen LogP contribution in [0, 0.1) is 0 Å². The zero-order valence-corrected chi connectivity index (χ0v) is 11.6. The van der Waals surface area contributed by atoms with Gasteiger partial charge in [-0.3, -0.25) is 0 Å². The maximum atomic E-state index is 12.2. The fourth-order valence-electron chi connectivity index (χ4n) is 2.56. The zero-order valence-electron chi connectivity index (χ0n) is 11.6. The summed E-state index contributed by atoms with van der Waals surface area (Å²) in [7, 11) is 0. The predicted molar refractivity (Wildman–Crippen MR) is 72.0 cm³/mol. The molecule has 2 rings (SSSR count). The summed E-state index contributed by atoms with van der Waals surface area (Å²) < 4.78 is 42.2. The number of nitrogens with one attached hydrogen (secondary N) is 1. The SMILES string of the molecule is CCNC(CCCC(F)(F)F)c1ccc2c(c1)CCO2. The van der Waals surface area contributed by atoms with Gasteiger partial charge in [0.25, 0.3) is 0 Å². The first-order chi connectivity index (χ1) is 9.49. The van der Waals surface area contributed by atoms with E-state index in [1.165, 1.54) is 0 Å². The van der Waals surface area contributed by atoms with Gasteiger partial charge >= 0.3 is 6.18 Å². The van der Waals surface area contributed by atoms with Crippen molar-refractivity contribution < 1.29 is 17.9 Å². The Morgan fingerprint density at radius 3 is 2.85 bits per heavy atom. The topological polar surface area (TPSA) is 21.3 Å². The lowest BCUT2D eigenvalue weighted by atomic mass is 9.98. The van der Waals surface area contributed by atoms with Crippen LogP contribution in [0.1, 0.15) is 43.4 Å². The van der Waals surface area contributed by atoms with Crippen molar-refractivity contribution in [2.75, 3.05) is 13.2 Å². The Bertz CT molecular complexity index is 445. The summed E-state index contributed by atoms with van der Waals surface area (Å²) in [6, 6.07) is 5.91. The molecule has 112 valence electrons. The molecule has 1 aromatic carbocycles. The van der Waals surface area contributed by atoms with Crippen LogP contribution in [-0.2, 0) is 6.42 Å². The molecule has 1 aromatic rings. The van der Waals surface area contributed by atoms with Crippen LogP contribution in [0.15, 0.2) is 18.2 Å². The van der Waals surface area contributed by atoms with Crippen molar-refractivity contribution in [3.05, 3.63) is 29.3 Å². The second-order valence-electron chi connectivity index (χ2n) is 5.08. The van der Waals surface area contributed by atoms with Crippen molar-refractivity contribution in [1.82, 2.24) is 5.32 Å². The molecule has 5 heteroatoms. The Kier molecular flexibility index (Phi) is 4.91. The van der Waals surface area contributed by atoms with Crippen molar-refractivity contribution in [2.24, 2.45) is 0 Å². The third kappa shape index (κ3) is 4.13. The number of hydrogen-bond donors (Lipinski definition) is 1. The van der Waals surface area contributed by atoms with E-state index >= 15 is 0 Å². The molecule has 0 fully saturated rings. The van der Waals surface area contributed by atoms with Crippen molar-refractivity contribution in [1.29, 1.82) is 0 Å². The molecular formula is C15H20F3NO. The van der Waals surface area contributed by atoms with Gasteiger partial charge < -0.3 is 10.1 Å². The van der Waals surface area contributed by atoms with E-state index in [1.807, 2.05) is 19.1 Å². The van der Waals surface area contributed by atoms with Crippen LogP contribution in [0.2, 0.25) is 0 Å². The van der Waals surface area contributed by atoms with Crippen LogP contribution in [0.25, 0.3) is 0 Å². The van der Waals surface area contributed by atoms with E-state index in [4.69, 9.17) is 4.74 Å². The highest BCUT2D eigenvalue weighted by molar-refractivity contribution is 5.40. The fraction of sp³-hybridized carbons (Fsp3) is 0.600. The minimum Gasteiger partial charge on any atom is -0.493 e. The third-order valence-corrected chi connectivity index (χ3v) is 3.52. The van der Waals surface area contributed by atoms with Gasteiger partial charge in [0, 0.05) is 18.9 Å². The highest BCUT2D eigenvalue weighted by Gasteiger charge is 2.27. The molecule has 1 atom stereocenters.